The Morgan fingerprint density at radius 3 is 2.69 bits per heavy atom. The van der Waals surface area contributed by atoms with Crippen molar-refractivity contribution in [2.45, 2.75) is 25.4 Å². The minimum atomic E-state index is -0.0937. The molecule has 4 rings (SSSR count). The lowest BCUT2D eigenvalue weighted by Gasteiger charge is -2.11. The lowest BCUT2D eigenvalue weighted by Crippen LogP contribution is -2.37. The number of amides is 1. The van der Waals surface area contributed by atoms with Crippen LogP contribution in [0.2, 0.25) is 0 Å². The van der Waals surface area contributed by atoms with E-state index in [1.807, 2.05) is 53.3 Å². The molecular weight excluding hydrogens is 364 g/mol. The smallest absolute Gasteiger partial charge is 0.255 e. The van der Waals surface area contributed by atoms with Crippen molar-refractivity contribution in [3.63, 3.8) is 0 Å². The van der Waals surface area contributed by atoms with Gasteiger partial charge >= 0.3 is 0 Å². The van der Waals surface area contributed by atoms with E-state index >= 15 is 0 Å². The summed E-state index contributed by atoms with van der Waals surface area (Å²) in [6.45, 7) is 2.26. The van der Waals surface area contributed by atoms with E-state index in [1.165, 1.54) is 0 Å². The SMILES string of the molecule is COc1ccc(-c2nn(Cc3ccccc3)cc2C(=O)NCC2CCCN2)cc1. The second kappa shape index (κ2) is 8.92. The summed E-state index contributed by atoms with van der Waals surface area (Å²) in [6.07, 6.45) is 4.09. The molecule has 6 heteroatoms. The Morgan fingerprint density at radius 2 is 2.00 bits per heavy atom. The van der Waals surface area contributed by atoms with Gasteiger partial charge in [-0.25, -0.2) is 0 Å². The number of ether oxygens (including phenoxy) is 1. The van der Waals surface area contributed by atoms with Crippen molar-refractivity contribution < 1.29 is 9.53 Å². The molecule has 2 aromatic carbocycles. The molecule has 1 fully saturated rings. The highest BCUT2D eigenvalue weighted by atomic mass is 16.5. The second-order valence-electron chi connectivity index (χ2n) is 7.31. The van der Waals surface area contributed by atoms with E-state index in [-0.39, 0.29) is 5.91 Å². The maximum absolute atomic E-state index is 13.0. The number of nitrogens with zero attached hydrogens (tertiary/aromatic N) is 2. The van der Waals surface area contributed by atoms with Crippen LogP contribution < -0.4 is 15.4 Å². The minimum Gasteiger partial charge on any atom is -0.497 e. The van der Waals surface area contributed by atoms with Crippen molar-refractivity contribution in [1.82, 2.24) is 20.4 Å². The lowest BCUT2D eigenvalue weighted by atomic mass is 10.1. The summed E-state index contributed by atoms with van der Waals surface area (Å²) in [5, 5.41) is 11.2. The summed E-state index contributed by atoms with van der Waals surface area (Å²) >= 11 is 0. The fourth-order valence-corrected chi connectivity index (χ4v) is 3.64. The van der Waals surface area contributed by atoms with Gasteiger partial charge < -0.3 is 15.4 Å². The van der Waals surface area contributed by atoms with E-state index in [1.54, 1.807) is 7.11 Å². The molecule has 6 nitrogen and oxygen atoms in total. The summed E-state index contributed by atoms with van der Waals surface area (Å²) in [4.78, 5) is 13.0. The quantitative estimate of drug-likeness (QED) is 0.651. The molecule has 2 N–H and O–H groups in total. The normalized spacial score (nSPS) is 16.0. The Balaban J connectivity index is 1.60. The number of benzene rings is 2. The van der Waals surface area contributed by atoms with Crippen molar-refractivity contribution >= 4 is 5.91 Å². The highest BCUT2D eigenvalue weighted by molar-refractivity contribution is 5.99. The maximum Gasteiger partial charge on any atom is 0.255 e. The Hall–Kier alpha value is -3.12. The van der Waals surface area contributed by atoms with Crippen molar-refractivity contribution in [3.05, 3.63) is 71.9 Å². The van der Waals surface area contributed by atoms with E-state index in [9.17, 15) is 4.79 Å². The number of carbonyl (C=O) groups excluding carboxylic acids is 1. The molecule has 1 aromatic heterocycles. The largest absolute Gasteiger partial charge is 0.497 e. The van der Waals surface area contributed by atoms with Crippen LogP contribution in [0.25, 0.3) is 11.3 Å². The van der Waals surface area contributed by atoms with E-state index in [2.05, 4.69) is 22.8 Å². The first-order valence-electron chi connectivity index (χ1n) is 10.0. The van der Waals surface area contributed by atoms with Crippen LogP contribution in [0, 0.1) is 0 Å². The van der Waals surface area contributed by atoms with Gasteiger partial charge in [0.2, 0.25) is 0 Å². The number of carbonyl (C=O) groups is 1. The number of nitrogens with one attached hydrogen (secondary N) is 2. The van der Waals surface area contributed by atoms with Crippen LogP contribution in [0.15, 0.2) is 60.8 Å². The fraction of sp³-hybridized carbons (Fsp3) is 0.304. The number of methoxy groups -OCH3 is 1. The standard InChI is InChI=1S/C23H26N4O2/c1-29-20-11-9-18(10-12-20)22-21(23(28)25-14-19-8-5-13-24-19)16-27(26-22)15-17-6-3-2-4-7-17/h2-4,6-7,9-12,16,19,24H,5,8,13-15H2,1H3,(H,25,28). The number of hydrogen-bond donors (Lipinski definition) is 2. The van der Waals surface area contributed by atoms with Crippen molar-refractivity contribution in [2.75, 3.05) is 20.2 Å². The number of rotatable bonds is 7. The van der Waals surface area contributed by atoms with Crippen LogP contribution >= 0.6 is 0 Å². The molecule has 0 saturated carbocycles. The van der Waals surface area contributed by atoms with E-state index in [0.29, 0.717) is 30.4 Å². The molecule has 1 aliphatic rings. The van der Waals surface area contributed by atoms with Crippen molar-refractivity contribution in [2.24, 2.45) is 0 Å². The summed E-state index contributed by atoms with van der Waals surface area (Å²) in [5.41, 5.74) is 3.30. The highest BCUT2D eigenvalue weighted by Crippen LogP contribution is 2.25. The molecule has 150 valence electrons. The van der Waals surface area contributed by atoms with Gasteiger partial charge in [-0.15, -0.1) is 0 Å². The van der Waals surface area contributed by atoms with Crippen LogP contribution in [0.5, 0.6) is 5.75 Å². The maximum atomic E-state index is 13.0. The molecule has 1 saturated heterocycles. The Labute approximate surface area is 170 Å². The topological polar surface area (TPSA) is 68.2 Å². The Bertz CT molecular complexity index is 945. The molecule has 0 spiro atoms. The van der Waals surface area contributed by atoms with Gasteiger partial charge in [-0.1, -0.05) is 30.3 Å². The average molecular weight is 390 g/mol. The highest BCUT2D eigenvalue weighted by Gasteiger charge is 2.20. The van der Waals surface area contributed by atoms with Crippen LogP contribution in [-0.2, 0) is 6.54 Å². The Morgan fingerprint density at radius 1 is 1.21 bits per heavy atom. The summed E-state index contributed by atoms with van der Waals surface area (Å²) < 4.78 is 7.08. The van der Waals surface area contributed by atoms with Crippen LogP contribution in [0.3, 0.4) is 0 Å². The zero-order valence-corrected chi connectivity index (χ0v) is 16.6. The first-order valence-corrected chi connectivity index (χ1v) is 10.0. The van der Waals surface area contributed by atoms with Gasteiger partial charge in [-0.3, -0.25) is 9.48 Å². The molecule has 1 unspecified atom stereocenters. The molecule has 1 atom stereocenters. The predicted molar refractivity (Wildman–Crippen MR) is 113 cm³/mol. The third kappa shape index (κ3) is 4.66. The zero-order valence-electron chi connectivity index (χ0n) is 16.6. The zero-order chi connectivity index (χ0) is 20.1. The second-order valence-corrected chi connectivity index (χ2v) is 7.31. The van der Waals surface area contributed by atoms with Gasteiger partial charge in [0.25, 0.3) is 5.91 Å². The van der Waals surface area contributed by atoms with Crippen LogP contribution in [-0.4, -0.2) is 41.9 Å². The molecule has 2 heterocycles. The monoisotopic (exact) mass is 390 g/mol. The average Bonchev–Trinajstić information content (AvgIpc) is 3.43. The third-order valence-corrected chi connectivity index (χ3v) is 5.23. The molecule has 29 heavy (non-hydrogen) atoms. The molecule has 0 aliphatic carbocycles. The van der Waals surface area contributed by atoms with Crippen molar-refractivity contribution in [3.8, 4) is 17.0 Å². The summed E-state index contributed by atoms with van der Waals surface area (Å²) in [7, 11) is 1.64. The van der Waals surface area contributed by atoms with E-state index in [0.717, 1.165) is 36.3 Å². The first-order chi connectivity index (χ1) is 14.2. The van der Waals surface area contributed by atoms with Crippen molar-refractivity contribution in [1.29, 1.82) is 0 Å². The first kappa shape index (κ1) is 19.2. The molecular formula is C23H26N4O2. The number of hydrogen-bond acceptors (Lipinski definition) is 4. The van der Waals surface area contributed by atoms with Gasteiger partial charge in [0.15, 0.2) is 0 Å². The van der Waals surface area contributed by atoms with Gasteiger partial charge in [0.1, 0.15) is 11.4 Å². The van der Waals surface area contributed by atoms with Gasteiger partial charge in [0, 0.05) is 24.3 Å². The number of aromatic nitrogens is 2. The minimum absolute atomic E-state index is 0.0937. The lowest BCUT2D eigenvalue weighted by molar-refractivity contribution is 0.0951. The molecule has 1 amide bonds. The van der Waals surface area contributed by atoms with Crippen LogP contribution in [0.1, 0.15) is 28.8 Å². The molecule has 0 bridgehead atoms. The molecule has 3 aromatic rings. The Kier molecular flexibility index (Phi) is 5.91. The molecule has 1 aliphatic heterocycles. The van der Waals surface area contributed by atoms with E-state index < -0.39 is 0 Å². The predicted octanol–water partition coefficient (Wildman–Crippen LogP) is 3.09. The fourth-order valence-electron chi connectivity index (χ4n) is 3.64. The third-order valence-electron chi connectivity index (χ3n) is 5.23. The van der Waals surface area contributed by atoms with Crippen LogP contribution in [0.4, 0.5) is 0 Å². The summed E-state index contributed by atoms with van der Waals surface area (Å²) in [5.74, 6) is 0.680. The van der Waals surface area contributed by atoms with Gasteiger partial charge in [-0.2, -0.15) is 5.10 Å². The summed E-state index contributed by atoms with van der Waals surface area (Å²) in [6, 6.07) is 18.1. The van der Waals surface area contributed by atoms with Gasteiger partial charge in [-0.05, 0) is 49.2 Å². The van der Waals surface area contributed by atoms with Gasteiger partial charge in [0.05, 0.1) is 19.2 Å². The molecule has 0 radical (unpaired) electrons. The van der Waals surface area contributed by atoms with E-state index in [4.69, 9.17) is 9.84 Å².